The summed E-state index contributed by atoms with van der Waals surface area (Å²) in [6.07, 6.45) is 3.17. The van der Waals surface area contributed by atoms with E-state index in [1.807, 2.05) is 28.7 Å². The van der Waals surface area contributed by atoms with Gasteiger partial charge in [0.1, 0.15) is 5.69 Å². The number of pyridine rings is 1. The summed E-state index contributed by atoms with van der Waals surface area (Å²) in [5.41, 5.74) is 0.476. The van der Waals surface area contributed by atoms with Crippen molar-refractivity contribution >= 4 is 38.5 Å². The first-order valence-electron chi connectivity index (χ1n) is 4.04. The molecule has 2 aromatic rings. The molecule has 6 heteroatoms. The van der Waals surface area contributed by atoms with Crippen LogP contribution in [0.4, 0.5) is 0 Å². The molecule has 0 unspecified atom stereocenters. The second kappa shape index (κ2) is 4.40. The smallest absolute Gasteiger partial charge is 0.264 e. The zero-order valence-corrected chi connectivity index (χ0v) is 11.1. The van der Waals surface area contributed by atoms with Crippen molar-refractivity contribution in [2.75, 3.05) is 0 Å². The van der Waals surface area contributed by atoms with Gasteiger partial charge < -0.3 is 4.98 Å². The van der Waals surface area contributed by atoms with Crippen LogP contribution in [-0.2, 0) is 0 Å². The van der Waals surface area contributed by atoms with Crippen LogP contribution in [0.3, 0.4) is 0 Å². The standard InChI is InChI=1S/C9H5BrIN3O/c10-5-2-1-3-12-7(5)8-13-4-6(11)9(15)14-8/h1-4H,(H,13,14,15). The molecule has 2 rings (SSSR count). The Bertz CT molecular complexity index is 555. The van der Waals surface area contributed by atoms with Crippen molar-refractivity contribution < 1.29 is 0 Å². The predicted octanol–water partition coefficient (Wildman–Crippen LogP) is 2.20. The Labute approximate surface area is 107 Å². The lowest BCUT2D eigenvalue weighted by Gasteiger charge is -2.01. The van der Waals surface area contributed by atoms with Gasteiger partial charge in [-0.3, -0.25) is 9.78 Å². The Balaban J connectivity index is 2.60. The Kier molecular flexibility index (Phi) is 3.15. The SMILES string of the molecule is O=c1[nH]c(-c2ncccc2Br)ncc1I. The summed E-state index contributed by atoms with van der Waals surface area (Å²) in [6.45, 7) is 0. The number of aromatic amines is 1. The largest absolute Gasteiger partial charge is 0.304 e. The summed E-state index contributed by atoms with van der Waals surface area (Å²) in [5, 5.41) is 0. The summed E-state index contributed by atoms with van der Waals surface area (Å²) in [6, 6.07) is 3.65. The van der Waals surface area contributed by atoms with Gasteiger partial charge in [0.25, 0.3) is 5.56 Å². The molecular weight excluding hydrogens is 373 g/mol. The van der Waals surface area contributed by atoms with E-state index in [0.29, 0.717) is 15.1 Å². The highest BCUT2D eigenvalue weighted by Crippen LogP contribution is 2.21. The van der Waals surface area contributed by atoms with Crippen LogP contribution in [0.25, 0.3) is 11.5 Å². The molecular formula is C9H5BrIN3O. The number of nitrogens with zero attached hydrogens (tertiary/aromatic N) is 2. The third kappa shape index (κ3) is 2.25. The zero-order chi connectivity index (χ0) is 10.8. The minimum absolute atomic E-state index is 0.154. The predicted molar refractivity (Wildman–Crippen MR) is 68.5 cm³/mol. The van der Waals surface area contributed by atoms with Crippen LogP contribution in [0.2, 0.25) is 0 Å². The molecule has 0 saturated heterocycles. The van der Waals surface area contributed by atoms with Crippen LogP contribution < -0.4 is 5.56 Å². The highest BCUT2D eigenvalue weighted by molar-refractivity contribution is 14.1. The van der Waals surface area contributed by atoms with E-state index in [-0.39, 0.29) is 5.56 Å². The topological polar surface area (TPSA) is 58.6 Å². The molecule has 0 aliphatic heterocycles. The monoisotopic (exact) mass is 377 g/mol. The minimum atomic E-state index is -0.154. The average molecular weight is 378 g/mol. The van der Waals surface area contributed by atoms with E-state index in [2.05, 4.69) is 30.9 Å². The maximum Gasteiger partial charge on any atom is 0.264 e. The molecule has 0 amide bonds. The molecule has 2 aromatic heterocycles. The fraction of sp³-hybridized carbons (Fsp3) is 0. The summed E-state index contributed by atoms with van der Waals surface area (Å²) in [5.74, 6) is 0.466. The van der Waals surface area contributed by atoms with Gasteiger partial charge in [-0.1, -0.05) is 0 Å². The van der Waals surface area contributed by atoms with Crippen molar-refractivity contribution in [2.24, 2.45) is 0 Å². The summed E-state index contributed by atoms with van der Waals surface area (Å²) < 4.78 is 1.36. The van der Waals surface area contributed by atoms with Crippen LogP contribution in [0.15, 0.2) is 33.8 Å². The van der Waals surface area contributed by atoms with Crippen molar-refractivity contribution in [2.45, 2.75) is 0 Å². The number of hydrogen-bond acceptors (Lipinski definition) is 3. The molecule has 0 radical (unpaired) electrons. The van der Waals surface area contributed by atoms with Crippen molar-refractivity contribution in [1.82, 2.24) is 15.0 Å². The van der Waals surface area contributed by atoms with Gasteiger partial charge >= 0.3 is 0 Å². The molecule has 4 nitrogen and oxygen atoms in total. The number of hydrogen-bond donors (Lipinski definition) is 1. The van der Waals surface area contributed by atoms with Gasteiger partial charge in [0.05, 0.1) is 3.57 Å². The molecule has 0 atom stereocenters. The molecule has 15 heavy (non-hydrogen) atoms. The highest BCUT2D eigenvalue weighted by atomic mass is 127. The van der Waals surface area contributed by atoms with E-state index in [1.165, 1.54) is 6.20 Å². The molecule has 1 N–H and O–H groups in total. The van der Waals surface area contributed by atoms with Crippen LogP contribution in [0.5, 0.6) is 0 Å². The number of H-pyrrole nitrogens is 1. The fourth-order valence-electron chi connectivity index (χ4n) is 1.06. The molecule has 76 valence electrons. The van der Waals surface area contributed by atoms with Crippen molar-refractivity contribution in [3.8, 4) is 11.5 Å². The van der Waals surface area contributed by atoms with Gasteiger partial charge in [-0.05, 0) is 50.7 Å². The first-order chi connectivity index (χ1) is 7.18. The maximum atomic E-state index is 11.4. The van der Waals surface area contributed by atoms with Crippen molar-refractivity contribution in [3.05, 3.63) is 42.9 Å². The highest BCUT2D eigenvalue weighted by Gasteiger charge is 2.07. The van der Waals surface area contributed by atoms with Gasteiger partial charge in [0.15, 0.2) is 5.82 Å². The lowest BCUT2D eigenvalue weighted by molar-refractivity contribution is 1.08. The number of nitrogens with one attached hydrogen (secondary N) is 1. The Morgan fingerprint density at radius 1 is 1.40 bits per heavy atom. The zero-order valence-electron chi connectivity index (χ0n) is 7.37. The lowest BCUT2D eigenvalue weighted by atomic mass is 10.3. The minimum Gasteiger partial charge on any atom is -0.304 e. The van der Waals surface area contributed by atoms with Gasteiger partial charge in [-0.2, -0.15) is 0 Å². The maximum absolute atomic E-state index is 11.4. The van der Waals surface area contributed by atoms with E-state index < -0.39 is 0 Å². The van der Waals surface area contributed by atoms with E-state index >= 15 is 0 Å². The van der Waals surface area contributed by atoms with Gasteiger partial charge in [-0.15, -0.1) is 0 Å². The Hall–Kier alpha value is -0.760. The van der Waals surface area contributed by atoms with Crippen LogP contribution in [0, 0.1) is 3.57 Å². The molecule has 0 fully saturated rings. The second-order valence-corrected chi connectivity index (χ2v) is 4.76. The van der Waals surface area contributed by atoms with Crippen molar-refractivity contribution in [3.63, 3.8) is 0 Å². The van der Waals surface area contributed by atoms with Crippen LogP contribution in [0.1, 0.15) is 0 Å². The van der Waals surface area contributed by atoms with E-state index in [4.69, 9.17) is 0 Å². The number of halogens is 2. The summed E-state index contributed by atoms with van der Waals surface area (Å²) in [7, 11) is 0. The van der Waals surface area contributed by atoms with E-state index in [9.17, 15) is 4.79 Å². The summed E-state index contributed by atoms with van der Waals surface area (Å²) in [4.78, 5) is 22.3. The molecule has 0 bridgehead atoms. The van der Waals surface area contributed by atoms with Gasteiger partial charge in [0, 0.05) is 16.9 Å². The average Bonchev–Trinajstić information content (AvgIpc) is 2.23. The number of rotatable bonds is 1. The quantitative estimate of drug-likeness (QED) is 0.775. The molecule has 0 spiro atoms. The molecule has 0 aliphatic rings. The summed E-state index contributed by atoms with van der Waals surface area (Å²) >= 11 is 5.28. The van der Waals surface area contributed by atoms with Crippen molar-refractivity contribution in [1.29, 1.82) is 0 Å². The van der Waals surface area contributed by atoms with E-state index in [1.54, 1.807) is 12.3 Å². The van der Waals surface area contributed by atoms with Gasteiger partial charge in [-0.25, -0.2) is 4.98 Å². The molecule has 0 aromatic carbocycles. The Morgan fingerprint density at radius 2 is 2.20 bits per heavy atom. The lowest BCUT2D eigenvalue weighted by Crippen LogP contribution is -2.12. The molecule has 0 aliphatic carbocycles. The molecule has 0 saturated carbocycles. The van der Waals surface area contributed by atoms with Crippen LogP contribution in [-0.4, -0.2) is 15.0 Å². The third-order valence-corrected chi connectivity index (χ3v) is 3.15. The third-order valence-electron chi connectivity index (χ3n) is 1.74. The fourth-order valence-corrected chi connectivity index (χ4v) is 1.78. The first kappa shape index (κ1) is 10.7. The number of aromatic nitrogens is 3. The normalized spacial score (nSPS) is 10.3. The van der Waals surface area contributed by atoms with Gasteiger partial charge in [0.2, 0.25) is 0 Å². The first-order valence-corrected chi connectivity index (χ1v) is 5.91. The van der Waals surface area contributed by atoms with E-state index in [0.717, 1.165) is 4.47 Å². The molecule has 2 heterocycles. The second-order valence-electron chi connectivity index (χ2n) is 2.74. The van der Waals surface area contributed by atoms with Crippen LogP contribution >= 0.6 is 38.5 Å². The Morgan fingerprint density at radius 3 is 2.87 bits per heavy atom.